The summed E-state index contributed by atoms with van der Waals surface area (Å²) in [5.74, 6) is -4.26. The molecule has 8 nitrogen and oxygen atoms in total. The smallest absolute Gasteiger partial charge is 0.393 e. The van der Waals surface area contributed by atoms with Crippen molar-refractivity contribution in [3.05, 3.63) is 46.3 Å². The van der Waals surface area contributed by atoms with E-state index in [1.807, 2.05) is 6.92 Å². The summed E-state index contributed by atoms with van der Waals surface area (Å²) in [6.07, 6.45) is -5.14. The number of amides is 3. The van der Waals surface area contributed by atoms with Crippen molar-refractivity contribution in [1.29, 1.82) is 0 Å². The van der Waals surface area contributed by atoms with E-state index in [-0.39, 0.29) is 37.0 Å². The minimum absolute atomic E-state index is 0.0774. The summed E-state index contributed by atoms with van der Waals surface area (Å²) >= 11 is 0. The Bertz CT molecular complexity index is 1170. The molecule has 0 radical (unpaired) electrons. The lowest BCUT2D eigenvalue weighted by Crippen LogP contribution is -2.40. The third-order valence-corrected chi connectivity index (χ3v) is 6.43. The number of halogens is 5. The van der Waals surface area contributed by atoms with Crippen LogP contribution in [0.2, 0.25) is 0 Å². The molecule has 2 N–H and O–H groups in total. The molecule has 1 aromatic carbocycles. The Labute approximate surface area is 197 Å². The number of anilines is 1. The largest absolute Gasteiger partial charge is 0.422 e. The van der Waals surface area contributed by atoms with Gasteiger partial charge in [0.05, 0.1) is 24.0 Å². The van der Waals surface area contributed by atoms with Gasteiger partial charge < -0.3 is 20.2 Å². The molecule has 0 aliphatic carbocycles. The first kappa shape index (κ1) is 24.9. The van der Waals surface area contributed by atoms with Crippen LogP contribution in [0.3, 0.4) is 0 Å². The van der Waals surface area contributed by atoms with E-state index in [0.29, 0.717) is 36.8 Å². The number of rotatable bonds is 3. The Kier molecular flexibility index (Phi) is 6.47. The Morgan fingerprint density at radius 2 is 2.00 bits per heavy atom. The van der Waals surface area contributed by atoms with Gasteiger partial charge in [0, 0.05) is 44.6 Å². The average molecular weight is 501 g/mol. The van der Waals surface area contributed by atoms with E-state index in [4.69, 9.17) is 0 Å². The van der Waals surface area contributed by atoms with Crippen LogP contribution in [0.5, 0.6) is 0 Å². The van der Waals surface area contributed by atoms with Crippen molar-refractivity contribution in [1.82, 2.24) is 19.6 Å². The highest BCUT2D eigenvalue weighted by atomic mass is 19.4. The van der Waals surface area contributed by atoms with Crippen LogP contribution in [-0.2, 0) is 25.7 Å². The number of nitrogens with one attached hydrogen (secondary N) is 1. The maximum atomic E-state index is 14.4. The lowest BCUT2D eigenvalue weighted by atomic mass is 10.0. The molecule has 13 heteroatoms. The van der Waals surface area contributed by atoms with E-state index < -0.39 is 41.2 Å². The van der Waals surface area contributed by atoms with Gasteiger partial charge in [-0.05, 0) is 18.6 Å². The summed E-state index contributed by atoms with van der Waals surface area (Å²) in [6, 6.07) is 0.253. The molecule has 190 valence electrons. The maximum Gasteiger partial charge on any atom is 0.422 e. The molecule has 0 bridgehead atoms. The first-order chi connectivity index (χ1) is 16.4. The lowest BCUT2D eigenvalue weighted by molar-refractivity contribution is -0.142. The van der Waals surface area contributed by atoms with Gasteiger partial charge in [-0.25, -0.2) is 13.6 Å². The second-order valence-corrected chi connectivity index (χ2v) is 8.76. The van der Waals surface area contributed by atoms with E-state index in [2.05, 4.69) is 10.4 Å². The van der Waals surface area contributed by atoms with Crippen LogP contribution in [0.4, 0.5) is 32.4 Å². The highest BCUT2D eigenvalue weighted by molar-refractivity contribution is 5.95. The average Bonchev–Trinajstić information content (AvgIpc) is 3.09. The molecule has 0 fully saturated rings. The van der Waals surface area contributed by atoms with Gasteiger partial charge in [0.15, 0.2) is 5.82 Å². The number of carbonyl (C=O) groups is 2. The summed E-state index contributed by atoms with van der Waals surface area (Å²) < 4.78 is 68.5. The van der Waals surface area contributed by atoms with Crippen molar-refractivity contribution in [3.63, 3.8) is 0 Å². The Hall–Kier alpha value is -3.22. The zero-order valence-corrected chi connectivity index (χ0v) is 19.0. The number of benzene rings is 1. The van der Waals surface area contributed by atoms with Crippen LogP contribution in [-0.4, -0.2) is 62.9 Å². The Morgan fingerprint density at radius 3 is 2.66 bits per heavy atom. The van der Waals surface area contributed by atoms with Gasteiger partial charge in [-0.2, -0.15) is 18.3 Å². The number of nitrogens with zero attached hydrogens (tertiary/aromatic N) is 4. The molecule has 3 amide bonds. The van der Waals surface area contributed by atoms with Gasteiger partial charge in [-0.1, -0.05) is 6.92 Å². The van der Waals surface area contributed by atoms with Gasteiger partial charge in [0.2, 0.25) is 0 Å². The van der Waals surface area contributed by atoms with E-state index in [1.165, 1.54) is 14.5 Å². The molecule has 35 heavy (non-hydrogen) atoms. The van der Waals surface area contributed by atoms with Crippen molar-refractivity contribution in [2.75, 3.05) is 25.5 Å². The highest BCUT2D eigenvalue weighted by Gasteiger charge is 2.40. The van der Waals surface area contributed by atoms with E-state index in [0.717, 1.165) is 6.07 Å². The molecular formula is C22H24F5N5O3. The number of hydrogen-bond donors (Lipinski definition) is 2. The van der Waals surface area contributed by atoms with Crippen molar-refractivity contribution in [2.24, 2.45) is 5.92 Å². The zero-order chi connectivity index (χ0) is 25.7. The van der Waals surface area contributed by atoms with Crippen LogP contribution in [0.15, 0.2) is 12.1 Å². The molecule has 3 heterocycles. The molecule has 0 saturated carbocycles. The summed E-state index contributed by atoms with van der Waals surface area (Å²) in [5.41, 5.74) is -1.53. The first-order valence-electron chi connectivity index (χ1n) is 11.1. The van der Waals surface area contributed by atoms with Gasteiger partial charge in [-0.15, -0.1) is 0 Å². The van der Waals surface area contributed by atoms with Crippen molar-refractivity contribution in [3.8, 4) is 0 Å². The maximum absolute atomic E-state index is 14.4. The molecule has 4 rings (SSSR count). The second kappa shape index (κ2) is 9.10. The van der Waals surface area contributed by atoms with Crippen LogP contribution < -0.4 is 5.32 Å². The van der Waals surface area contributed by atoms with Gasteiger partial charge >= 0.3 is 12.2 Å². The SMILES string of the molecule is CC[C@H](O)[C@@H]1CN(C)C(=O)c2c3c(nn2C1)CCN(C(=O)Nc1ccc(F)c(C(F)(F)F)c1F)C3. The number of fused-ring (bicyclic) bond motifs is 3. The molecule has 0 unspecified atom stereocenters. The van der Waals surface area contributed by atoms with E-state index in [1.54, 1.807) is 7.05 Å². The fraction of sp³-hybridized carbons (Fsp3) is 0.500. The van der Waals surface area contributed by atoms with Crippen molar-refractivity contribution < 1.29 is 36.6 Å². The third-order valence-electron chi connectivity index (χ3n) is 6.43. The number of carbonyl (C=O) groups excluding carboxylic acids is 2. The van der Waals surface area contributed by atoms with Crippen molar-refractivity contribution >= 4 is 17.6 Å². The summed E-state index contributed by atoms with van der Waals surface area (Å²) in [6.45, 7) is 2.51. The minimum Gasteiger partial charge on any atom is -0.393 e. The molecule has 0 saturated heterocycles. The summed E-state index contributed by atoms with van der Waals surface area (Å²) in [7, 11) is 1.61. The molecule has 0 spiro atoms. The fourth-order valence-corrected chi connectivity index (χ4v) is 4.55. The quantitative estimate of drug-likeness (QED) is 0.632. The minimum atomic E-state index is -5.28. The summed E-state index contributed by atoms with van der Waals surface area (Å²) in [5, 5.41) is 16.9. The zero-order valence-electron chi connectivity index (χ0n) is 19.0. The molecule has 2 aromatic rings. The predicted octanol–water partition coefficient (Wildman–Crippen LogP) is 3.24. The molecule has 1 aromatic heterocycles. The van der Waals surface area contributed by atoms with E-state index in [9.17, 15) is 36.6 Å². The second-order valence-electron chi connectivity index (χ2n) is 8.76. The Morgan fingerprint density at radius 1 is 1.29 bits per heavy atom. The van der Waals surface area contributed by atoms with Crippen LogP contribution in [0.25, 0.3) is 0 Å². The fourth-order valence-electron chi connectivity index (χ4n) is 4.55. The van der Waals surface area contributed by atoms with Crippen molar-refractivity contribution in [2.45, 2.75) is 45.1 Å². The van der Waals surface area contributed by atoms with E-state index >= 15 is 0 Å². The highest BCUT2D eigenvalue weighted by Crippen LogP contribution is 2.36. The normalized spacial score (nSPS) is 19.2. The molecule has 2 aliphatic heterocycles. The number of aromatic nitrogens is 2. The number of alkyl halides is 3. The van der Waals surface area contributed by atoms with Crippen LogP contribution in [0.1, 0.15) is 40.7 Å². The van der Waals surface area contributed by atoms with Gasteiger partial charge in [0.25, 0.3) is 5.91 Å². The number of urea groups is 1. The third kappa shape index (κ3) is 4.56. The van der Waals surface area contributed by atoms with Crippen LogP contribution in [0, 0.1) is 17.6 Å². The first-order valence-corrected chi connectivity index (χ1v) is 11.1. The predicted molar refractivity (Wildman–Crippen MR) is 113 cm³/mol. The molecule has 2 aliphatic rings. The topological polar surface area (TPSA) is 90.7 Å². The summed E-state index contributed by atoms with van der Waals surface area (Å²) in [4.78, 5) is 28.6. The molecular weight excluding hydrogens is 477 g/mol. The number of aliphatic hydroxyl groups is 1. The van der Waals surface area contributed by atoms with Gasteiger partial charge in [0.1, 0.15) is 17.1 Å². The molecule has 2 atom stereocenters. The Balaban J connectivity index is 1.59. The standard InChI is InChI=1S/C22H24F5N5O3/c1-3-16(33)11-8-30(2)20(34)19-12-10-31(7-6-14(12)29-32(19)9-11)21(35)28-15-5-4-13(23)17(18(15)24)22(25,26)27/h4-5,11,16,33H,3,6-10H2,1-2H3,(H,28,35)/t11-,16+/m1/s1. The van der Waals surface area contributed by atoms with Crippen LogP contribution >= 0.6 is 0 Å². The monoisotopic (exact) mass is 501 g/mol. The lowest BCUT2D eigenvalue weighted by Gasteiger charge is -2.28. The number of hydrogen-bond acceptors (Lipinski definition) is 4. The number of aliphatic hydroxyl groups excluding tert-OH is 1. The van der Waals surface area contributed by atoms with Gasteiger partial charge in [-0.3, -0.25) is 9.48 Å².